The smallest absolute Gasteiger partial charge is 0.245 e. The van der Waals surface area contributed by atoms with Gasteiger partial charge in [0.15, 0.2) is 11.0 Å². The Morgan fingerprint density at radius 2 is 1.55 bits per heavy atom. The van der Waals surface area contributed by atoms with Gasteiger partial charge in [0.2, 0.25) is 29.4 Å². The highest BCUT2D eigenvalue weighted by Gasteiger charge is 2.33. The predicted molar refractivity (Wildman–Crippen MR) is 195 cm³/mol. The summed E-state index contributed by atoms with van der Waals surface area (Å²) < 4.78 is 0.819. The Balaban J connectivity index is 1.58. The molecule has 0 aliphatic rings. The van der Waals surface area contributed by atoms with Crippen molar-refractivity contribution in [3.8, 4) is 0 Å². The number of Topliss-reactive ketones (excluding diaryl/α,β-unsaturated/α-hetero) is 1. The van der Waals surface area contributed by atoms with Crippen molar-refractivity contribution >= 4 is 67.8 Å². The van der Waals surface area contributed by atoms with Crippen LogP contribution in [0, 0.1) is 11.3 Å². The van der Waals surface area contributed by atoms with Crippen LogP contribution in [0.2, 0.25) is 0 Å². The van der Waals surface area contributed by atoms with E-state index in [-0.39, 0.29) is 41.9 Å². The van der Waals surface area contributed by atoms with Gasteiger partial charge in [-0.25, -0.2) is 4.98 Å². The number of para-hydroxylation sites is 2. The number of aromatic amines is 1. The minimum absolute atomic E-state index is 0.0255. The highest BCUT2D eigenvalue weighted by molar-refractivity contribution is 7.20. The molecule has 4 aromatic rings. The van der Waals surface area contributed by atoms with Crippen molar-refractivity contribution in [2.45, 2.75) is 70.6 Å². The third-order valence-electron chi connectivity index (χ3n) is 8.07. The van der Waals surface area contributed by atoms with Crippen LogP contribution >= 0.6 is 11.3 Å². The third kappa shape index (κ3) is 10.8. The van der Waals surface area contributed by atoms with Gasteiger partial charge in [0, 0.05) is 37.0 Å². The molecule has 272 valence electrons. The molecular weight excluding hydrogens is 675 g/mol. The number of nitrogens with zero attached hydrogens (tertiary/aromatic N) is 1. The Morgan fingerprint density at radius 1 is 0.902 bits per heavy atom. The number of amides is 4. The lowest BCUT2D eigenvalue weighted by Gasteiger charge is -2.27. The summed E-state index contributed by atoms with van der Waals surface area (Å²) in [5.41, 5.74) is 7.61. The molecule has 15 nitrogen and oxygen atoms in total. The topological polar surface area (TPSA) is 244 Å². The van der Waals surface area contributed by atoms with Crippen LogP contribution in [-0.4, -0.2) is 87.8 Å². The Kier molecular flexibility index (Phi) is 13.6. The van der Waals surface area contributed by atoms with Gasteiger partial charge in [-0.2, -0.15) is 0 Å². The maximum atomic E-state index is 14.0. The van der Waals surface area contributed by atoms with Crippen LogP contribution in [0.25, 0.3) is 21.1 Å². The molecule has 0 unspecified atom stereocenters. The van der Waals surface area contributed by atoms with E-state index in [1.54, 1.807) is 12.3 Å². The van der Waals surface area contributed by atoms with Crippen LogP contribution in [0.3, 0.4) is 0 Å². The van der Waals surface area contributed by atoms with E-state index in [0.717, 1.165) is 21.2 Å². The lowest BCUT2D eigenvalue weighted by molar-refractivity contribution is -0.134. The molecule has 4 atom stereocenters. The number of nitrogens with two attached hydrogens (primary N) is 1. The fourth-order valence-electron chi connectivity index (χ4n) is 5.61. The van der Waals surface area contributed by atoms with E-state index in [2.05, 4.69) is 36.6 Å². The van der Waals surface area contributed by atoms with Crippen molar-refractivity contribution in [1.82, 2.24) is 36.6 Å². The number of hydrogen-bond acceptors (Lipinski definition) is 9. The van der Waals surface area contributed by atoms with Gasteiger partial charge in [0.25, 0.3) is 0 Å². The second-order valence-corrected chi connectivity index (χ2v) is 13.7. The molecule has 0 aliphatic carbocycles. The number of hydrogen-bond donors (Lipinski definition) is 9. The van der Waals surface area contributed by atoms with Gasteiger partial charge >= 0.3 is 0 Å². The average molecular weight is 720 g/mol. The highest BCUT2D eigenvalue weighted by Crippen LogP contribution is 2.24. The first-order valence-corrected chi connectivity index (χ1v) is 17.5. The number of ketones is 1. The number of benzene rings is 2. The molecule has 16 heteroatoms. The molecular formula is C35H45N9O6S. The van der Waals surface area contributed by atoms with Crippen LogP contribution in [0.4, 0.5) is 0 Å². The Bertz CT molecular complexity index is 1840. The minimum Gasteiger partial charge on any atom is -0.394 e. The molecule has 0 saturated heterocycles. The summed E-state index contributed by atoms with van der Waals surface area (Å²) in [5, 5.41) is 31.6. The maximum absolute atomic E-state index is 14.0. The number of carbonyl (C=O) groups is 5. The van der Waals surface area contributed by atoms with Gasteiger partial charge in [-0.3, -0.25) is 29.4 Å². The molecule has 0 fully saturated rings. The molecule has 2 aromatic heterocycles. The normalized spacial score (nSPS) is 13.6. The van der Waals surface area contributed by atoms with E-state index in [0.29, 0.717) is 18.5 Å². The molecule has 10 N–H and O–H groups in total. The van der Waals surface area contributed by atoms with Crippen LogP contribution in [-0.2, 0) is 25.6 Å². The summed E-state index contributed by atoms with van der Waals surface area (Å²) >= 11 is 1.22. The summed E-state index contributed by atoms with van der Waals surface area (Å²) in [6.07, 6.45) is 2.56. The highest BCUT2D eigenvalue weighted by atomic mass is 32.1. The van der Waals surface area contributed by atoms with E-state index in [9.17, 15) is 29.1 Å². The Morgan fingerprint density at radius 3 is 2.24 bits per heavy atom. The molecule has 2 heterocycles. The number of carbonyl (C=O) groups excluding carboxylic acids is 5. The number of aliphatic hydroxyl groups is 1. The fourth-order valence-corrected chi connectivity index (χ4v) is 6.57. The molecule has 0 aliphatic heterocycles. The number of thiazole rings is 1. The summed E-state index contributed by atoms with van der Waals surface area (Å²) in [7, 11) is 0. The standard InChI is InChI=1S/C35H45N9O6S/c1-19(2)15-26(31(48)41-25(12-8-14-38-35(36)37)30(47)34-44-24-11-6-7-13-29(24)51-34)42-32(49)27(43-33(50)28(18-45)40-20(3)46)16-21-17-39-23-10-5-4-9-22(21)23/h4-7,9-11,13,17,19,25-28,39,45H,8,12,14-16,18H2,1-3H3,(H,40,46)(H,41,48)(H,42,49)(H,43,50)(H4,36,37,38)/t25-,26-,27+,28-/m0/s1. The number of fused-ring (bicyclic) bond motifs is 2. The lowest BCUT2D eigenvalue weighted by atomic mass is 9.99. The first-order valence-electron chi connectivity index (χ1n) is 16.7. The number of nitrogens with one attached hydrogen (secondary N) is 7. The van der Waals surface area contributed by atoms with Gasteiger partial charge in [-0.15, -0.1) is 11.3 Å². The lowest BCUT2D eigenvalue weighted by Crippen LogP contribution is -2.58. The van der Waals surface area contributed by atoms with Crippen molar-refractivity contribution in [2.24, 2.45) is 11.7 Å². The van der Waals surface area contributed by atoms with Crippen molar-refractivity contribution < 1.29 is 29.1 Å². The molecule has 0 bridgehead atoms. The van der Waals surface area contributed by atoms with Gasteiger partial charge in [0.05, 0.1) is 22.9 Å². The quantitative estimate of drug-likeness (QED) is 0.0312. The largest absolute Gasteiger partial charge is 0.394 e. The van der Waals surface area contributed by atoms with Crippen LogP contribution in [0.5, 0.6) is 0 Å². The first kappa shape index (κ1) is 38.5. The SMILES string of the molecule is CC(=O)N[C@@H](CO)C(=O)N[C@H](Cc1c[nH]c2ccccc12)C(=O)N[C@@H](CC(C)C)C(=O)N[C@@H](CCCNC(=N)N)C(=O)c1nc2ccccc2s1. The van der Waals surface area contributed by atoms with E-state index in [4.69, 9.17) is 11.1 Å². The minimum atomic E-state index is -1.30. The Hall–Kier alpha value is -5.35. The maximum Gasteiger partial charge on any atom is 0.245 e. The average Bonchev–Trinajstić information content (AvgIpc) is 3.71. The Labute approximate surface area is 299 Å². The summed E-state index contributed by atoms with van der Waals surface area (Å²) in [5.74, 6) is -3.25. The number of aromatic nitrogens is 2. The molecule has 0 saturated carbocycles. The van der Waals surface area contributed by atoms with Crippen molar-refractivity contribution in [2.75, 3.05) is 13.2 Å². The summed E-state index contributed by atoms with van der Waals surface area (Å²) in [6.45, 7) is 4.57. The van der Waals surface area contributed by atoms with Crippen molar-refractivity contribution in [3.63, 3.8) is 0 Å². The van der Waals surface area contributed by atoms with Gasteiger partial charge in [0.1, 0.15) is 18.1 Å². The van der Waals surface area contributed by atoms with Gasteiger partial charge in [-0.05, 0) is 48.9 Å². The van der Waals surface area contributed by atoms with Crippen LogP contribution in [0.15, 0.2) is 54.7 Å². The number of rotatable bonds is 18. The van der Waals surface area contributed by atoms with Crippen LogP contribution < -0.4 is 32.3 Å². The summed E-state index contributed by atoms with van der Waals surface area (Å²) in [4.78, 5) is 74.2. The van der Waals surface area contributed by atoms with E-state index < -0.39 is 54.4 Å². The molecule has 4 amide bonds. The fraction of sp³-hybridized carbons (Fsp3) is 0.400. The molecule has 4 rings (SSSR count). The summed E-state index contributed by atoms with van der Waals surface area (Å²) in [6, 6.07) is 10.2. The van der Waals surface area contributed by atoms with Crippen molar-refractivity contribution in [3.05, 3.63) is 65.3 Å². The molecule has 0 spiro atoms. The zero-order chi connectivity index (χ0) is 37.1. The second kappa shape index (κ2) is 18.1. The molecule has 0 radical (unpaired) electrons. The number of aliphatic hydroxyl groups excluding tert-OH is 1. The number of H-pyrrole nitrogens is 1. The van der Waals surface area contributed by atoms with E-state index in [1.807, 2.05) is 56.3 Å². The van der Waals surface area contributed by atoms with Gasteiger partial charge < -0.3 is 42.4 Å². The van der Waals surface area contributed by atoms with Gasteiger partial charge in [-0.1, -0.05) is 44.2 Å². The molecule has 2 aromatic carbocycles. The number of guanidine groups is 1. The molecule has 51 heavy (non-hydrogen) atoms. The second-order valence-electron chi connectivity index (χ2n) is 12.6. The first-order chi connectivity index (χ1) is 24.4. The van der Waals surface area contributed by atoms with Crippen LogP contribution in [0.1, 0.15) is 55.4 Å². The predicted octanol–water partition coefficient (Wildman–Crippen LogP) is 1.46. The third-order valence-corrected chi connectivity index (χ3v) is 9.12. The van der Waals surface area contributed by atoms with E-state index >= 15 is 0 Å². The zero-order valence-corrected chi connectivity index (χ0v) is 29.6. The van der Waals surface area contributed by atoms with Crippen molar-refractivity contribution in [1.29, 1.82) is 5.41 Å². The monoisotopic (exact) mass is 719 g/mol. The zero-order valence-electron chi connectivity index (χ0n) is 28.7. The van der Waals surface area contributed by atoms with E-state index in [1.165, 1.54) is 18.3 Å².